The number of carbonyl (C=O) groups excluding carboxylic acids is 3. The molecule has 3 aromatic rings. The van der Waals surface area contributed by atoms with Crippen molar-refractivity contribution in [3.05, 3.63) is 102 Å². The fourth-order valence-electron chi connectivity index (χ4n) is 11.7. The van der Waals surface area contributed by atoms with Crippen LogP contribution in [0.3, 0.4) is 0 Å². The second-order valence-corrected chi connectivity index (χ2v) is 18.8. The summed E-state index contributed by atoms with van der Waals surface area (Å²) in [4.78, 5) is 38.7. The number of ether oxygens (including phenoxy) is 4. The van der Waals surface area contributed by atoms with Crippen LogP contribution >= 0.6 is 0 Å². The zero-order chi connectivity index (χ0) is 41.0. The predicted octanol–water partition coefficient (Wildman–Crippen LogP) is 12.5. The minimum absolute atomic E-state index is 0.0803. The van der Waals surface area contributed by atoms with Crippen LogP contribution in [-0.4, -0.2) is 30.6 Å². The molecule has 0 spiro atoms. The third-order valence-corrected chi connectivity index (χ3v) is 14.9. The molecule has 9 atom stereocenters. The van der Waals surface area contributed by atoms with Crippen molar-refractivity contribution in [2.45, 2.75) is 118 Å². The van der Waals surface area contributed by atoms with Gasteiger partial charge in [-0.1, -0.05) is 78.2 Å². The van der Waals surface area contributed by atoms with Crippen LogP contribution in [0, 0.1) is 52.3 Å². The molecular weight excluding hydrogens is 725 g/mol. The van der Waals surface area contributed by atoms with Gasteiger partial charge in [0.1, 0.15) is 23.4 Å². The molecule has 0 N–H and O–H groups in total. The summed E-state index contributed by atoms with van der Waals surface area (Å²) in [6.07, 6.45) is 16.6. The zero-order valence-electron chi connectivity index (χ0n) is 35.5. The van der Waals surface area contributed by atoms with E-state index in [-0.39, 0.29) is 23.7 Å². The Kier molecular flexibility index (Phi) is 12.8. The van der Waals surface area contributed by atoms with Gasteiger partial charge in [-0.3, -0.25) is 4.79 Å². The van der Waals surface area contributed by atoms with Gasteiger partial charge >= 0.3 is 12.1 Å². The van der Waals surface area contributed by atoms with Gasteiger partial charge in [0.15, 0.2) is 5.78 Å². The molecule has 310 valence electrons. The third-order valence-electron chi connectivity index (χ3n) is 14.9. The maximum atomic E-state index is 13.1. The number of allylic oxidation sites excluding steroid dienone is 2. The standard InChI is InChI=1S/C51H64O7/c1-7-55-39-20-15-37(16-21-39)48(53)56-40-18-11-35(12-19-40)31-47(52)36-13-22-41(23-14-36)57-49(54)58-42-27-29-50(5)38(32-42)17-24-43-45-26-25-44(34(4)10-8-9-33(2)3)51(45,6)30-28-46(43)50/h11-24,33-34,38,42-46H,7-10,25-32H2,1-6H3/t34?,38?,42?,43?,44-,45+,46+,50+,51-/m0/s1. The molecular formula is C51H64O7. The Morgan fingerprint density at radius 2 is 1.34 bits per heavy atom. The molecule has 3 aromatic carbocycles. The van der Waals surface area contributed by atoms with Crippen molar-refractivity contribution in [1.29, 1.82) is 0 Å². The van der Waals surface area contributed by atoms with E-state index in [1.54, 1.807) is 72.8 Å². The fourth-order valence-corrected chi connectivity index (χ4v) is 11.7. The average Bonchev–Trinajstić information content (AvgIpc) is 3.56. The number of fused-ring (bicyclic) bond motifs is 5. The monoisotopic (exact) mass is 788 g/mol. The number of esters is 1. The Bertz CT molecular complexity index is 1910. The first kappa shape index (κ1) is 41.8. The van der Waals surface area contributed by atoms with Crippen LogP contribution in [0.1, 0.15) is 132 Å². The van der Waals surface area contributed by atoms with E-state index in [1.165, 1.54) is 44.9 Å². The predicted molar refractivity (Wildman–Crippen MR) is 227 cm³/mol. The van der Waals surface area contributed by atoms with Crippen LogP contribution < -0.4 is 14.2 Å². The van der Waals surface area contributed by atoms with Crippen LogP contribution in [0.5, 0.6) is 17.2 Å². The maximum absolute atomic E-state index is 13.1. The van der Waals surface area contributed by atoms with E-state index in [0.717, 1.165) is 48.5 Å². The highest BCUT2D eigenvalue weighted by atomic mass is 16.7. The number of ketones is 1. The smallest absolute Gasteiger partial charge is 0.494 e. The molecule has 7 rings (SSSR count). The minimum Gasteiger partial charge on any atom is -0.494 e. The summed E-state index contributed by atoms with van der Waals surface area (Å²) in [5, 5.41) is 0. The lowest BCUT2D eigenvalue weighted by atomic mass is 9.46. The van der Waals surface area contributed by atoms with Crippen molar-refractivity contribution in [1.82, 2.24) is 0 Å². The van der Waals surface area contributed by atoms with Gasteiger partial charge in [0.2, 0.25) is 0 Å². The van der Waals surface area contributed by atoms with Gasteiger partial charge in [0.05, 0.1) is 12.2 Å². The van der Waals surface area contributed by atoms with Crippen molar-refractivity contribution in [3.63, 3.8) is 0 Å². The Morgan fingerprint density at radius 3 is 2.05 bits per heavy atom. The summed E-state index contributed by atoms with van der Waals surface area (Å²) in [6.45, 7) is 14.9. The van der Waals surface area contributed by atoms with E-state index < -0.39 is 12.1 Å². The molecule has 0 aliphatic heterocycles. The van der Waals surface area contributed by atoms with Crippen LogP contribution in [0.15, 0.2) is 84.9 Å². The van der Waals surface area contributed by atoms with E-state index in [1.807, 2.05) is 6.92 Å². The first-order valence-corrected chi connectivity index (χ1v) is 22.1. The minimum atomic E-state index is -0.693. The number of carbonyl (C=O) groups is 3. The van der Waals surface area contributed by atoms with Crippen LogP contribution in [-0.2, 0) is 11.2 Å². The van der Waals surface area contributed by atoms with E-state index >= 15 is 0 Å². The molecule has 0 radical (unpaired) electrons. The Hall–Kier alpha value is -4.39. The molecule has 7 nitrogen and oxygen atoms in total. The molecule has 58 heavy (non-hydrogen) atoms. The van der Waals surface area contributed by atoms with Crippen LogP contribution in [0.4, 0.5) is 4.79 Å². The van der Waals surface area contributed by atoms with Gasteiger partial charge in [-0.2, -0.15) is 0 Å². The molecule has 3 saturated carbocycles. The van der Waals surface area contributed by atoms with Gasteiger partial charge in [-0.25, -0.2) is 9.59 Å². The van der Waals surface area contributed by atoms with E-state index in [4.69, 9.17) is 18.9 Å². The summed E-state index contributed by atoms with van der Waals surface area (Å²) in [5.41, 5.74) is 2.40. The van der Waals surface area contributed by atoms with Gasteiger partial charge in [0, 0.05) is 12.0 Å². The third kappa shape index (κ3) is 9.09. The molecule has 3 fully saturated rings. The van der Waals surface area contributed by atoms with Crippen molar-refractivity contribution >= 4 is 17.9 Å². The number of benzene rings is 3. The summed E-state index contributed by atoms with van der Waals surface area (Å²) >= 11 is 0. The molecule has 0 saturated heterocycles. The molecule has 4 aliphatic rings. The van der Waals surface area contributed by atoms with Crippen molar-refractivity contribution < 1.29 is 33.3 Å². The Balaban J connectivity index is 0.873. The SMILES string of the molecule is CCOc1ccc(C(=O)Oc2ccc(CC(=O)c3ccc(OC(=O)OC4CC[C@]5(C)C(C=CC6[C@H]7CC[C@@H](C(C)CCCC(C)C)[C@]7(C)CC[C@H]65)C4)cc3)cc2)cc1. The average molecular weight is 789 g/mol. The Morgan fingerprint density at radius 1 is 0.707 bits per heavy atom. The molecule has 4 unspecified atom stereocenters. The number of hydrogen-bond donors (Lipinski definition) is 0. The molecule has 7 heteroatoms. The Labute approximate surface area is 346 Å². The zero-order valence-corrected chi connectivity index (χ0v) is 35.5. The second kappa shape index (κ2) is 17.8. The van der Waals surface area contributed by atoms with Gasteiger partial charge in [-0.15, -0.1) is 0 Å². The summed E-state index contributed by atoms with van der Waals surface area (Å²) in [7, 11) is 0. The maximum Gasteiger partial charge on any atom is 0.514 e. The van der Waals surface area contributed by atoms with E-state index in [2.05, 4.69) is 46.8 Å². The lowest BCUT2D eigenvalue weighted by Gasteiger charge is -2.59. The van der Waals surface area contributed by atoms with Crippen molar-refractivity contribution in [3.8, 4) is 17.2 Å². The van der Waals surface area contributed by atoms with Crippen molar-refractivity contribution in [2.75, 3.05) is 6.61 Å². The van der Waals surface area contributed by atoms with E-state index in [0.29, 0.717) is 58.2 Å². The quantitative estimate of drug-likeness (QED) is 0.0528. The normalized spacial score (nSPS) is 29.1. The molecule has 0 amide bonds. The first-order valence-electron chi connectivity index (χ1n) is 22.1. The lowest BCUT2D eigenvalue weighted by molar-refractivity contribution is -0.0852. The number of hydrogen-bond acceptors (Lipinski definition) is 7. The summed E-state index contributed by atoms with van der Waals surface area (Å²) in [6, 6.07) is 20.3. The highest BCUT2D eigenvalue weighted by Crippen LogP contribution is 2.67. The largest absolute Gasteiger partial charge is 0.514 e. The molecule has 0 bridgehead atoms. The topological polar surface area (TPSA) is 88.1 Å². The molecule has 0 aromatic heterocycles. The lowest BCUT2D eigenvalue weighted by Crippen LogP contribution is -2.52. The summed E-state index contributed by atoms with van der Waals surface area (Å²) < 4.78 is 22.5. The highest BCUT2D eigenvalue weighted by Gasteiger charge is 2.59. The number of rotatable bonds is 14. The van der Waals surface area contributed by atoms with Gasteiger partial charge in [-0.05, 0) is 170 Å². The van der Waals surface area contributed by atoms with Crippen molar-refractivity contribution in [2.24, 2.45) is 52.3 Å². The fraction of sp³-hybridized carbons (Fsp3) is 0.549. The molecule has 0 heterocycles. The second-order valence-electron chi connectivity index (χ2n) is 18.8. The highest BCUT2D eigenvalue weighted by molar-refractivity contribution is 5.97. The van der Waals surface area contributed by atoms with Crippen LogP contribution in [0.2, 0.25) is 0 Å². The van der Waals surface area contributed by atoms with E-state index in [9.17, 15) is 14.4 Å². The van der Waals surface area contributed by atoms with Crippen LogP contribution in [0.25, 0.3) is 0 Å². The van der Waals surface area contributed by atoms with Gasteiger partial charge < -0.3 is 18.9 Å². The molecule has 4 aliphatic carbocycles. The number of Topliss-reactive ketones (excluding diaryl/α,β-unsaturated/α-hetero) is 1. The first-order chi connectivity index (χ1) is 27.9. The van der Waals surface area contributed by atoms with Gasteiger partial charge in [0.25, 0.3) is 0 Å². The summed E-state index contributed by atoms with van der Waals surface area (Å²) in [5.74, 6) is 5.86.